The van der Waals surface area contributed by atoms with Gasteiger partial charge in [-0.05, 0) is 91.5 Å². The van der Waals surface area contributed by atoms with Crippen LogP contribution in [0.1, 0.15) is 123 Å². The molecule has 2 aromatic heterocycles. The fourth-order valence-electron chi connectivity index (χ4n) is 10.3. The number of anilines is 2. The first-order valence-corrected chi connectivity index (χ1v) is 25.8. The van der Waals surface area contributed by atoms with Gasteiger partial charge in [0.1, 0.15) is 5.82 Å². The molecule has 0 saturated carbocycles. The predicted octanol–water partition coefficient (Wildman–Crippen LogP) is 17.8. The molecule has 0 N–H and O–H groups in total. The molecule has 3 heterocycles. The van der Waals surface area contributed by atoms with E-state index >= 15 is 0 Å². The Kier molecular flexibility index (Phi) is 13.8. The van der Waals surface area contributed by atoms with Crippen LogP contribution >= 0.6 is 0 Å². The van der Waals surface area contributed by atoms with E-state index in [1.807, 2.05) is 6.20 Å². The molecule has 0 unspecified atom stereocenters. The van der Waals surface area contributed by atoms with Crippen molar-refractivity contribution >= 4 is 33.2 Å². The number of hydrogen-bond acceptors (Lipinski definition) is 4. The van der Waals surface area contributed by atoms with Crippen LogP contribution in [-0.2, 0) is 42.7 Å². The van der Waals surface area contributed by atoms with Crippen molar-refractivity contribution in [3.05, 3.63) is 234 Å². The quantitative estimate of drug-likeness (QED) is 0.128. The summed E-state index contributed by atoms with van der Waals surface area (Å²) in [6.45, 7) is 32.1. The first-order chi connectivity index (χ1) is 34.6. The summed E-state index contributed by atoms with van der Waals surface area (Å²) < 4.78 is 9.51. The number of ether oxygens (including phenoxy) is 1. The van der Waals surface area contributed by atoms with E-state index in [1.54, 1.807) is 0 Å². The molecule has 7 aromatic carbocycles. The van der Waals surface area contributed by atoms with Crippen LogP contribution in [0.5, 0.6) is 11.5 Å². The Hall–Kier alpha value is -6.68. The largest absolute Gasteiger partial charge is 0.509 e. The Labute approximate surface area is 455 Å². The van der Waals surface area contributed by atoms with Crippen molar-refractivity contribution in [2.45, 2.75) is 112 Å². The van der Waals surface area contributed by atoms with E-state index < -0.39 is 5.41 Å². The number of rotatable bonds is 10. The number of para-hydroxylation sites is 1. The topological polar surface area (TPSA) is 33.5 Å². The summed E-state index contributed by atoms with van der Waals surface area (Å²) in [5, 5.41) is 2.25. The molecule has 0 spiro atoms. The molecule has 0 bridgehead atoms. The summed E-state index contributed by atoms with van der Waals surface area (Å²) >= 11 is 0. The fourth-order valence-corrected chi connectivity index (χ4v) is 10.3. The maximum Gasteiger partial charge on any atom is 0.135 e. The second-order valence-corrected chi connectivity index (χ2v) is 24.0. The number of benzene rings is 7. The van der Waals surface area contributed by atoms with Gasteiger partial charge in [0.15, 0.2) is 0 Å². The van der Waals surface area contributed by atoms with Crippen LogP contribution in [0.2, 0.25) is 0 Å². The van der Waals surface area contributed by atoms with Crippen molar-refractivity contribution in [2.24, 2.45) is 5.41 Å². The van der Waals surface area contributed by atoms with E-state index in [0.717, 1.165) is 55.7 Å². The Morgan fingerprint density at radius 1 is 0.500 bits per heavy atom. The van der Waals surface area contributed by atoms with E-state index in [9.17, 15) is 0 Å². The Morgan fingerprint density at radius 3 is 1.68 bits per heavy atom. The van der Waals surface area contributed by atoms with E-state index in [2.05, 4.69) is 293 Å². The second kappa shape index (κ2) is 19.5. The maximum atomic E-state index is 7.24. The zero-order valence-electron chi connectivity index (χ0n) is 45.3. The molecule has 74 heavy (non-hydrogen) atoms. The van der Waals surface area contributed by atoms with Gasteiger partial charge < -0.3 is 19.1 Å². The molecule has 1 aliphatic heterocycles. The molecule has 10 rings (SSSR count). The van der Waals surface area contributed by atoms with E-state index in [1.165, 1.54) is 33.5 Å². The Balaban J connectivity index is 0.00000672. The molecule has 0 fully saturated rings. The third-order valence-electron chi connectivity index (χ3n) is 14.9. The van der Waals surface area contributed by atoms with Gasteiger partial charge in [-0.2, -0.15) is 0 Å². The Bertz CT molecular complexity index is 3480. The van der Waals surface area contributed by atoms with Crippen molar-refractivity contribution in [3.63, 3.8) is 0 Å². The maximum absolute atomic E-state index is 7.24. The first-order valence-electron chi connectivity index (χ1n) is 25.8. The predicted molar refractivity (Wildman–Crippen MR) is 306 cm³/mol. The van der Waals surface area contributed by atoms with Crippen molar-refractivity contribution < 1.29 is 25.8 Å². The molecule has 0 aliphatic carbocycles. The zero-order chi connectivity index (χ0) is 51.7. The van der Waals surface area contributed by atoms with Gasteiger partial charge in [0.2, 0.25) is 0 Å². The van der Waals surface area contributed by atoms with E-state index in [4.69, 9.17) is 9.72 Å². The molecule has 0 radical (unpaired) electrons. The van der Waals surface area contributed by atoms with Gasteiger partial charge in [-0.15, -0.1) is 53.8 Å². The van der Waals surface area contributed by atoms with Gasteiger partial charge in [-0.1, -0.05) is 216 Å². The molecule has 0 saturated heterocycles. The fraction of sp³-hybridized carbons (Fsp3) is 0.265. The zero-order valence-corrected chi connectivity index (χ0v) is 47.6. The van der Waals surface area contributed by atoms with E-state index in [0.29, 0.717) is 11.5 Å². The molecule has 1 aliphatic rings. The van der Waals surface area contributed by atoms with Crippen LogP contribution < -0.4 is 14.5 Å². The van der Waals surface area contributed by atoms with Crippen LogP contribution in [0.4, 0.5) is 11.4 Å². The van der Waals surface area contributed by atoms with Gasteiger partial charge in [0, 0.05) is 66.5 Å². The first kappa shape index (κ1) is 52.2. The van der Waals surface area contributed by atoms with Crippen molar-refractivity contribution in [2.75, 3.05) is 9.80 Å². The summed E-state index contributed by atoms with van der Waals surface area (Å²) in [7, 11) is 0. The minimum absolute atomic E-state index is 0. The second-order valence-electron chi connectivity index (χ2n) is 24.0. The average molecular weight is 1150 g/mol. The minimum Gasteiger partial charge on any atom is -0.509 e. The average Bonchev–Trinajstić information content (AvgIpc) is 3.98. The van der Waals surface area contributed by atoms with Gasteiger partial charge in [0.25, 0.3) is 0 Å². The molecule has 5 nitrogen and oxygen atoms in total. The van der Waals surface area contributed by atoms with Crippen molar-refractivity contribution in [1.82, 2.24) is 9.55 Å². The number of nitrogens with zero attached hydrogens (tertiary/aromatic N) is 4. The molecule has 6 heteroatoms. The SMILES string of the molecule is CC(C)(C)C1=CN(c2[c-]c(Oc3[c-]c4c(c(C(C)(C)c5ccccc5)c3)c3ccccc3n4-c3cc(C(C)(C)c4ccccc4)ccn3)cc(-c3ccccc3)c2)[CH-]N1c1cc(C(C)(C)C)cc(C(C)(C)C)c1.[Pt]. The van der Waals surface area contributed by atoms with E-state index in [-0.39, 0.29) is 42.7 Å². The summed E-state index contributed by atoms with van der Waals surface area (Å²) in [6.07, 6.45) is 4.21. The Morgan fingerprint density at radius 2 is 1.07 bits per heavy atom. The molecule has 0 atom stereocenters. The normalized spacial score (nSPS) is 13.6. The molecular weight excluding hydrogens is 1080 g/mol. The third-order valence-corrected chi connectivity index (χ3v) is 14.9. The van der Waals surface area contributed by atoms with Gasteiger partial charge in [-0.25, -0.2) is 4.98 Å². The minimum atomic E-state index is -0.438. The monoisotopic (exact) mass is 1150 g/mol. The summed E-state index contributed by atoms with van der Waals surface area (Å²) in [5.41, 5.74) is 13.7. The van der Waals surface area contributed by atoms with Gasteiger partial charge >= 0.3 is 0 Å². The molecule has 380 valence electrons. The smallest absolute Gasteiger partial charge is 0.135 e. The number of hydrogen-bond donors (Lipinski definition) is 0. The molecular formula is C68H69N4OPt-3. The van der Waals surface area contributed by atoms with Gasteiger partial charge in [0.05, 0.1) is 0 Å². The third kappa shape index (κ3) is 10.0. The van der Waals surface area contributed by atoms with Gasteiger partial charge in [-0.3, -0.25) is 0 Å². The van der Waals surface area contributed by atoms with Crippen LogP contribution in [0.25, 0.3) is 38.8 Å². The number of aromatic nitrogens is 2. The van der Waals surface area contributed by atoms with Crippen LogP contribution in [0.3, 0.4) is 0 Å². The number of allylic oxidation sites excluding steroid dienone is 1. The standard InChI is InChI=1S/C68H69N4O.Pt/c1-64(2,3)51-37-52(65(4,5)6)39-54(38-51)71-45-70(44-61(71)66(7,8)9)53-35-47(46-25-17-14-18-26-46)36-55(41-53)73-56-42-58(68(12,13)49-29-21-16-22-30-49)63-57-31-23-24-32-59(57)72(60(63)43-56)62-40-50(33-34-69-62)67(10,11)48-27-19-15-20-28-48;/h14-40,42,44-45H,1-13H3;/q-3;. The molecule has 9 aromatic rings. The van der Waals surface area contributed by atoms with Crippen LogP contribution in [-0.4, -0.2) is 9.55 Å². The van der Waals surface area contributed by atoms with Crippen LogP contribution in [0, 0.1) is 24.2 Å². The van der Waals surface area contributed by atoms with Crippen LogP contribution in [0.15, 0.2) is 182 Å². The summed E-state index contributed by atoms with van der Waals surface area (Å²) in [4.78, 5) is 9.70. The van der Waals surface area contributed by atoms with Crippen molar-refractivity contribution in [3.8, 4) is 28.4 Å². The molecule has 0 amide bonds. The van der Waals surface area contributed by atoms with Crippen molar-refractivity contribution in [1.29, 1.82) is 0 Å². The number of fused-ring (bicyclic) bond motifs is 3. The number of pyridine rings is 1. The summed E-state index contributed by atoms with van der Waals surface area (Å²) in [6, 6.07) is 66.4. The summed E-state index contributed by atoms with van der Waals surface area (Å²) in [5.74, 6) is 2.00.